The van der Waals surface area contributed by atoms with Crippen LogP contribution >= 0.6 is 11.8 Å². The van der Waals surface area contributed by atoms with Crippen LogP contribution < -0.4 is 5.73 Å². The lowest BCUT2D eigenvalue weighted by molar-refractivity contribution is 0.299. The summed E-state index contributed by atoms with van der Waals surface area (Å²) in [5, 5.41) is 0. The highest BCUT2D eigenvalue weighted by Crippen LogP contribution is 2.11. The first-order valence-corrected chi connectivity index (χ1v) is 7.14. The van der Waals surface area contributed by atoms with E-state index in [9.17, 15) is 0 Å². The summed E-state index contributed by atoms with van der Waals surface area (Å²) in [6.07, 6.45) is 2.48. The molecular weight excluding hydrogens is 216 g/mol. The number of anilines is 1. The molecule has 1 aromatic rings. The number of rotatable bonds is 3. The van der Waals surface area contributed by atoms with E-state index in [4.69, 9.17) is 5.73 Å². The number of hydrogen-bond acceptors (Lipinski definition) is 3. The second kappa shape index (κ2) is 6.16. The molecule has 3 heteroatoms. The van der Waals surface area contributed by atoms with Gasteiger partial charge in [-0.3, -0.25) is 0 Å². The summed E-state index contributed by atoms with van der Waals surface area (Å²) in [5.74, 6) is 2.63. The van der Waals surface area contributed by atoms with E-state index in [1.54, 1.807) is 0 Å². The molecular formula is C13H20N2S. The van der Waals surface area contributed by atoms with E-state index >= 15 is 0 Å². The van der Waals surface area contributed by atoms with Crippen molar-refractivity contribution in [3.05, 3.63) is 29.8 Å². The molecule has 2 rings (SSSR count). The molecule has 0 unspecified atom stereocenters. The maximum Gasteiger partial charge on any atom is 0.0314 e. The van der Waals surface area contributed by atoms with E-state index in [1.165, 1.54) is 43.1 Å². The second-order valence-electron chi connectivity index (χ2n) is 4.30. The summed E-state index contributed by atoms with van der Waals surface area (Å²) in [7, 11) is 0. The van der Waals surface area contributed by atoms with Crippen LogP contribution in [0.25, 0.3) is 0 Å². The Morgan fingerprint density at radius 2 is 1.94 bits per heavy atom. The average molecular weight is 236 g/mol. The Balaban J connectivity index is 1.79. The van der Waals surface area contributed by atoms with E-state index in [1.807, 2.05) is 12.1 Å². The zero-order valence-corrected chi connectivity index (χ0v) is 10.5. The average Bonchev–Trinajstić information content (AvgIpc) is 2.57. The minimum atomic E-state index is 0.856. The Morgan fingerprint density at radius 3 is 2.75 bits per heavy atom. The van der Waals surface area contributed by atoms with Crippen LogP contribution in [0.3, 0.4) is 0 Å². The monoisotopic (exact) mass is 236 g/mol. The molecule has 1 aliphatic rings. The van der Waals surface area contributed by atoms with E-state index in [0.717, 1.165) is 12.1 Å². The zero-order valence-electron chi connectivity index (χ0n) is 9.69. The van der Waals surface area contributed by atoms with Gasteiger partial charge in [-0.2, -0.15) is 11.8 Å². The van der Waals surface area contributed by atoms with Gasteiger partial charge in [-0.05, 0) is 42.8 Å². The number of thioether (sulfide) groups is 1. The third-order valence-corrected chi connectivity index (χ3v) is 4.06. The van der Waals surface area contributed by atoms with Crippen molar-refractivity contribution in [2.75, 3.05) is 36.9 Å². The molecule has 0 saturated carbocycles. The maximum atomic E-state index is 5.67. The van der Waals surface area contributed by atoms with Crippen LogP contribution in [-0.4, -0.2) is 36.0 Å². The van der Waals surface area contributed by atoms with Gasteiger partial charge in [-0.25, -0.2) is 0 Å². The molecule has 1 aromatic carbocycles. The molecule has 0 radical (unpaired) electrons. The third kappa shape index (κ3) is 3.72. The number of nitrogens with zero attached hydrogens (tertiary/aromatic N) is 1. The predicted octanol–water partition coefficient (Wildman–Crippen LogP) is 2.25. The number of benzene rings is 1. The Morgan fingerprint density at radius 1 is 1.12 bits per heavy atom. The first-order chi connectivity index (χ1) is 7.84. The molecule has 88 valence electrons. The maximum absolute atomic E-state index is 5.67. The number of nitrogens with two attached hydrogens (primary N) is 1. The van der Waals surface area contributed by atoms with Crippen molar-refractivity contribution >= 4 is 17.4 Å². The van der Waals surface area contributed by atoms with Crippen LogP contribution in [-0.2, 0) is 6.42 Å². The predicted molar refractivity (Wildman–Crippen MR) is 72.9 cm³/mol. The molecule has 2 nitrogen and oxygen atoms in total. The number of hydrogen-bond donors (Lipinski definition) is 1. The van der Waals surface area contributed by atoms with Gasteiger partial charge in [0.1, 0.15) is 0 Å². The smallest absolute Gasteiger partial charge is 0.0314 e. The molecule has 0 bridgehead atoms. The highest BCUT2D eigenvalue weighted by atomic mass is 32.2. The zero-order chi connectivity index (χ0) is 11.2. The second-order valence-corrected chi connectivity index (χ2v) is 5.52. The molecule has 0 aliphatic carbocycles. The van der Waals surface area contributed by atoms with Gasteiger partial charge >= 0.3 is 0 Å². The van der Waals surface area contributed by atoms with Gasteiger partial charge in [-0.1, -0.05) is 12.1 Å². The Kier molecular flexibility index (Phi) is 4.55. The lowest BCUT2D eigenvalue weighted by atomic mass is 10.1. The lowest BCUT2D eigenvalue weighted by Gasteiger charge is -2.19. The molecule has 1 fully saturated rings. The van der Waals surface area contributed by atoms with Crippen molar-refractivity contribution in [3.8, 4) is 0 Å². The van der Waals surface area contributed by atoms with Crippen LogP contribution in [0.15, 0.2) is 24.3 Å². The highest BCUT2D eigenvalue weighted by molar-refractivity contribution is 7.99. The molecule has 0 amide bonds. The van der Waals surface area contributed by atoms with E-state index in [0.29, 0.717) is 0 Å². The Labute approximate surface area is 102 Å². The third-order valence-electron chi connectivity index (χ3n) is 3.01. The van der Waals surface area contributed by atoms with E-state index in [-0.39, 0.29) is 0 Å². The molecule has 1 heterocycles. The van der Waals surface area contributed by atoms with Crippen LogP contribution in [0.1, 0.15) is 12.0 Å². The van der Waals surface area contributed by atoms with E-state index < -0.39 is 0 Å². The quantitative estimate of drug-likeness (QED) is 0.816. The van der Waals surface area contributed by atoms with Crippen molar-refractivity contribution in [1.29, 1.82) is 0 Å². The largest absolute Gasteiger partial charge is 0.399 e. The van der Waals surface area contributed by atoms with Crippen LogP contribution in [0, 0.1) is 0 Å². The van der Waals surface area contributed by atoms with Gasteiger partial charge in [0.25, 0.3) is 0 Å². The fraction of sp³-hybridized carbons (Fsp3) is 0.538. The van der Waals surface area contributed by atoms with Crippen molar-refractivity contribution in [2.24, 2.45) is 0 Å². The summed E-state index contributed by atoms with van der Waals surface area (Å²) in [6.45, 7) is 3.70. The molecule has 0 spiro atoms. The van der Waals surface area contributed by atoms with Crippen LogP contribution in [0.4, 0.5) is 5.69 Å². The standard InChI is InChI=1S/C13H20N2S/c14-13-4-2-12(3-5-13)6-8-15-7-1-10-16-11-9-15/h2-5H,1,6-11,14H2. The molecule has 0 atom stereocenters. The number of nitrogen functional groups attached to an aromatic ring is 1. The van der Waals surface area contributed by atoms with Gasteiger partial charge in [0.2, 0.25) is 0 Å². The molecule has 2 N–H and O–H groups in total. The van der Waals surface area contributed by atoms with Gasteiger partial charge < -0.3 is 10.6 Å². The van der Waals surface area contributed by atoms with Crippen LogP contribution in [0.5, 0.6) is 0 Å². The van der Waals surface area contributed by atoms with Gasteiger partial charge in [-0.15, -0.1) is 0 Å². The minimum absolute atomic E-state index is 0.856. The fourth-order valence-electron chi connectivity index (χ4n) is 1.99. The van der Waals surface area contributed by atoms with Crippen molar-refractivity contribution < 1.29 is 0 Å². The SMILES string of the molecule is Nc1ccc(CCN2CCCSCC2)cc1. The van der Waals surface area contributed by atoms with Crippen molar-refractivity contribution in [1.82, 2.24) is 4.90 Å². The highest BCUT2D eigenvalue weighted by Gasteiger charge is 2.08. The van der Waals surface area contributed by atoms with Crippen molar-refractivity contribution in [3.63, 3.8) is 0 Å². The summed E-state index contributed by atoms with van der Waals surface area (Å²) in [4.78, 5) is 2.58. The Bertz CT molecular complexity index is 302. The summed E-state index contributed by atoms with van der Waals surface area (Å²) in [5.41, 5.74) is 7.92. The fourth-order valence-corrected chi connectivity index (χ4v) is 2.92. The van der Waals surface area contributed by atoms with Crippen LogP contribution in [0.2, 0.25) is 0 Å². The summed E-state index contributed by atoms with van der Waals surface area (Å²) in [6, 6.07) is 8.27. The van der Waals surface area contributed by atoms with Gasteiger partial charge in [0.15, 0.2) is 0 Å². The molecule has 1 saturated heterocycles. The first-order valence-electron chi connectivity index (χ1n) is 5.99. The van der Waals surface area contributed by atoms with Gasteiger partial charge in [0.05, 0.1) is 0 Å². The first kappa shape index (κ1) is 11.8. The van der Waals surface area contributed by atoms with Crippen molar-refractivity contribution in [2.45, 2.75) is 12.8 Å². The normalized spacial score (nSPS) is 18.2. The Hall–Kier alpha value is -0.670. The molecule has 1 aliphatic heterocycles. The summed E-state index contributed by atoms with van der Waals surface area (Å²) < 4.78 is 0. The summed E-state index contributed by atoms with van der Waals surface area (Å²) >= 11 is 2.08. The molecule has 0 aromatic heterocycles. The van der Waals surface area contributed by atoms with Gasteiger partial charge in [0, 0.05) is 24.5 Å². The lowest BCUT2D eigenvalue weighted by Crippen LogP contribution is -2.28. The molecule has 16 heavy (non-hydrogen) atoms. The topological polar surface area (TPSA) is 29.3 Å². The minimum Gasteiger partial charge on any atom is -0.399 e. The van der Waals surface area contributed by atoms with E-state index in [2.05, 4.69) is 28.8 Å².